The van der Waals surface area contributed by atoms with Crippen LogP contribution >= 0.6 is 0 Å². The zero-order chi connectivity index (χ0) is 15.4. The topological polar surface area (TPSA) is 58.2 Å². The number of carbonyl (C=O) groups excluding carboxylic acids is 2. The maximum atomic E-state index is 11.7. The predicted octanol–water partition coefficient (Wildman–Crippen LogP) is 3.01. The van der Waals surface area contributed by atoms with Crippen molar-refractivity contribution in [2.45, 2.75) is 78.7 Å². The molecule has 0 aromatic heterocycles. The predicted molar refractivity (Wildman–Crippen MR) is 83.4 cm³/mol. The van der Waals surface area contributed by atoms with Gasteiger partial charge < -0.3 is 10.6 Å². The van der Waals surface area contributed by atoms with Crippen LogP contribution in [0.4, 0.5) is 0 Å². The molecule has 118 valence electrons. The Labute approximate surface area is 124 Å². The lowest BCUT2D eigenvalue weighted by Gasteiger charge is -2.17. The molecule has 0 bridgehead atoms. The number of amides is 2. The van der Waals surface area contributed by atoms with Crippen LogP contribution in [0.1, 0.15) is 72.6 Å². The van der Waals surface area contributed by atoms with E-state index in [4.69, 9.17) is 0 Å². The van der Waals surface area contributed by atoms with Gasteiger partial charge in [0.05, 0.1) is 0 Å². The zero-order valence-corrected chi connectivity index (χ0v) is 13.6. The van der Waals surface area contributed by atoms with Crippen LogP contribution in [0.25, 0.3) is 0 Å². The Balaban J connectivity index is 3.74. The first-order valence-electron chi connectivity index (χ1n) is 8.05. The van der Waals surface area contributed by atoms with Crippen LogP contribution in [0.15, 0.2) is 0 Å². The minimum atomic E-state index is 0.125. The highest BCUT2D eigenvalue weighted by molar-refractivity contribution is 5.76. The van der Waals surface area contributed by atoms with E-state index in [1.807, 2.05) is 13.8 Å². The van der Waals surface area contributed by atoms with Crippen molar-refractivity contribution < 1.29 is 9.59 Å². The number of hydrogen-bond acceptors (Lipinski definition) is 2. The molecule has 2 amide bonds. The van der Waals surface area contributed by atoms with E-state index >= 15 is 0 Å². The number of carbonyl (C=O) groups is 2. The molecule has 4 nitrogen and oxygen atoms in total. The summed E-state index contributed by atoms with van der Waals surface area (Å²) >= 11 is 0. The Bertz CT molecular complexity index is 278. The third kappa shape index (κ3) is 10.8. The molecular formula is C16H32N2O2. The molecule has 0 heterocycles. The Hall–Kier alpha value is -1.06. The SMILES string of the molecule is CCCCC(=O)NC(CC)CCCNC(=O)CC(C)C. The van der Waals surface area contributed by atoms with E-state index in [-0.39, 0.29) is 17.9 Å². The molecule has 0 aromatic rings. The van der Waals surface area contributed by atoms with Crippen LogP contribution in [-0.2, 0) is 9.59 Å². The van der Waals surface area contributed by atoms with Gasteiger partial charge in [-0.15, -0.1) is 0 Å². The van der Waals surface area contributed by atoms with E-state index in [1.54, 1.807) is 0 Å². The molecule has 0 saturated heterocycles. The van der Waals surface area contributed by atoms with Crippen LogP contribution in [0.5, 0.6) is 0 Å². The van der Waals surface area contributed by atoms with Crippen molar-refractivity contribution in [1.82, 2.24) is 10.6 Å². The van der Waals surface area contributed by atoms with Crippen molar-refractivity contribution in [3.63, 3.8) is 0 Å². The molecule has 2 N–H and O–H groups in total. The summed E-state index contributed by atoms with van der Waals surface area (Å²) in [5, 5.41) is 6.00. The van der Waals surface area contributed by atoms with E-state index in [0.717, 1.165) is 32.1 Å². The number of rotatable bonds is 11. The smallest absolute Gasteiger partial charge is 0.220 e. The lowest BCUT2D eigenvalue weighted by molar-refractivity contribution is -0.123. The first-order valence-corrected chi connectivity index (χ1v) is 8.05. The van der Waals surface area contributed by atoms with Crippen molar-refractivity contribution in [2.24, 2.45) is 5.92 Å². The van der Waals surface area contributed by atoms with Crippen molar-refractivity contribution in [3.05, 3.63) is 0 Å². The summed E-state index contributed by atoms with van der Waals surface area (Å²) in [6, 6.07) is 0.237. The summed E-state index contributed by atoms with van der Waals surface area (Å²) in [5.41, 5.74) is 0. The maximum absolute atomic E-state index is 11.7. The summed E-state index contributed by atoms with van der Waals surface area (Å²) in [7, 11) is 0. The number of nitrogens with one attached hydrogen (secondary N) is 2. The van der Waals surface area contributed by atoms with Gasteiger partial charge in [0.2, 0.25) is 11.8 Å². The molecule has 0 radical (unpaired) electrons. The third-order valence-corrected chi connectivity index (χ3v) is 3.26. The standard InChI is InChI=1S/C16H32N2O2/c1-5-7-10-15(19)18-14(6-2)9-8-11-17-16(20)12-13(3)4/h13-14H,5-12H2,1-4H3,(H,17,20)(H,18,19). The Morgan fingerprint density at radius 3 is 2.30 bits per heavy atom. The molecule has 4 heteroatoms. The second-order valence-electron chi connectivity index (χ2n) is 5.87. The highest BCUT2D eigenvalue weighted by Crippen LogP contribution is 2.04. The van der Waals surface area contributed by atoms with Gasteiger partial charge in [0.15, 0.2) is 0 Å². The van der Waals surface area contributed by atoms with Crippen LogP contribution < -0.4 is 10.6 Å². The quantitative estimate of drug-likeness (QED) is 0.573. The van der Waals surface area contributed by atoms with Crippen molar-refractivity contribution in [3.8, 4) is 0 Å². The molecule has 0 saturated carbocycles. The summed E-state index contributed by atoms with van der Waals surface area (Å²) < 4.78 is 0. The highest BCUT2D eigenvalue weighted by atomic mass is 16.2. The van der Waals surface area contributed by atoms with E-state index < -0.39 is 0 Å². The maximum Gasteiger partial charge on any atom is 0.220 e. The Morgan fingerprint density at radius 1 is 1.05 bits per heavy atom. The molecule has 0 fully saturated rings. The fourth-order valence-corrected chi connectivity index (χ4v) is 2.03. The van der Waals surface area contributed by atoms with E-state index in [0.29, 0.717) is 25.3 Å². The molecule has 0 spiro atoms. The third-order valence-electron chi connectivity index (χ3n) is 3.26. The second kappa shape index (κ2) is 11.7. The minimum Gasteiger partial charge on any atom is -0.356 e. The van der Waals surface area contributed by atoms with Gasteiger partial charge in [-0.3, -0.25) is 9.59 Å². The highest BCUT2D eigenvalue weighted by Gasteiger charge is 2.10. The Kier molecular flexibility index (Phi) is 11.1. The number of unbranched alkanes of at least 4 members (excludes halogenated alkanes) is 1. The molecule has 0 aliphatic rings. The molecule has 0 aromatic carbocycles. The van der Waals surface area contributed by atoms with Gasteiger partial charge in [-0.05, 0) is 31.6 Å². The van der Waals surface area contributed by atoms with Gasteiger partial charge in [-0.2, -0.15) is 0 Å². The van der Waals surface area contributed by atoms with Gasteiger partial charge in [0.1, 0.15) is 0 Å². The van der Waals surface area contributed by atoms with E-state index in [9.17, 15) is 9.59 Å². The van der Waals surface area contributed by atoms with Crippen LogP contribution in [0, 0.1) is 5.92 Å². The summed E-state index contributed by atoms with van der Waals surface area (Å²) in [6.45, 7) is 8.95. The molecule has 0 rings (SSSR count). The van der Waals surface area contributed by atoms with Gasteiger partial charge in [0, 0.05) is 25.4 Å². The first kappa shape index (κ1) is 18.9. The average Bonchev–Trinajstić information content (AvgIpc) is 2.39. The van der Waals surface area contributed by atoms with Crippen molar-refractivity contribution >= 4 is 11.8 Å². The molecule has 1 atom stereocenters. The van der Waals surface area contributed by atoms with Crippen molar-refractivity contribution in [1.29, 1.82) is 0 Å². The zero-order valence-electron chi connectivity index (χ0n) is 13.6. The molecule has 0 aliphatic heterocycles. The lowest BCUT2D eigenvalue weighted by atomic mass is 10.1. The Morgan fingerprint density at radius 2 is 1.75 bits per heavy atom. The van der Waals surface area contributed by atoms with Crippen LogP contribution in [-0.4, -0.2) is 24.4 Å². The summed E-state index contributed by atoms with van der Waals surface area (Å²) in [5.74, 6) is 0.679. The monoisotopic (exact) mass is 284 g/mol. The lowest BCUT2D eigenvalue weighted by Crippen LogP contribution is -2.35. The average molecular weight is 284 g/mol. The molecule has 0 aliphatic carbocycles. The van der Waals surface area contributed by atoms with Gasteiger partial charge in [0.25, 0.3) is 0 Å². The largest absolute Gasteiger partial charge is 0.356 e. The molecule has 1 unspecified atom stereocenters. The van der Waals surface area contributed by atoms with E-state index in [2.05, 4.69) is 24.5 Å². The normalized spacial score (nSPS) is 12.2. The molecular weight excluding hydrogens is 252 g/mol. The van der Waals surface area contributed by atoms with Gasteiger partial charge >= 0.3 is 0 Å². The second-order valence-corrected chi connectivity index (χ2v) is 5.87. The van der Waals surface area contributed by atoms with Crippen LogP contribution in [0.3, 0.4) is 0 Å². The minimum absolute atomic E-state index is 0.125. The van der Waals surface area contributed by atoms with E-state index in [1.165, 1.54) is 0 Å². The van der Waals surface area contributed by atoms with Crippen molar-refractivity contribution in [2.75, 3.05) is 6.54 Å². The summed E-state index contributed by atoms with van der Waals surface area (Å²) in [4.78, 5) is 23.1. The van der Waals surface area contributed by atoms with Gasteiger partial charge in [-0.25, -0.2) is 0 Å². The van der Waals surface area contributed by atoms with Crippen LogP contribution in [0.2, 0.25) is 0 Å². The molecule has 20 heavy (non-hydrogen) atoms. The fourth-order valence-electron chi connectivity index (χ4n) is 2.03. The summed E-state index contributed by atoms with van der Waals surface area (Å²) in [6.07, 6.45) is 5.99. The first-order chi connectivity index (χ1) is 9.49. The van der Waals surface area contributed by atoms with Gasteiger partial charge in [-0.1, -0.05) is 34.1 Å². The fraction of sp³-hybridized carbons (Fsp3) is 0.875. The number of hydrogen-bond donors (Lipinski definition) is 2.